The largest absolute Gasteiger partial charge is 0.477 e. The number of hydrogen-bond donors (Lipinski definition) is 19. The summed E-state index contributed by atoms with van der Waals surface area (Å²) in [6, 6.07) is -3.75. The number of nitrogens with one attached hydrogen (secondary N) is 2. The first-order valence-corrected chi connectivity index (χ1v) is 19.5. The molecule has 0 aliphatic carbocycles. The molecule has 4 fully saturated rings. The zero-order chi connectivity index (χ0) is 48.2. The number of rotatable bonds is 19. The third-order valence-corrected chi connectivity index (χ3v) is 11.1. The van der Waals surface area contributed by atoms with Crippen LogP contribution in [0.3, 0.4) is 0 Å². The maximum Gasteiger partial charge on any atom is 0.364 e. The Bertz CT molecular complexity index is 1580. The molecule has 1 unspecified atom stereocenters. The second-order valence-corrected chi connectivity index (χ2v) is 15.5. The maximum absolute atomic E-state index is 13.1. The lowest BCUT2D eigenvalue weighted by molar-refractivity contribution is -0.387. The molecule has 0 radical (unpaired) electrons. The van der Waals surface area contributed by atoms with Crippen molar-refractivity contribution in [2.45, 2.75) is 154 Å². The van der Waals surface area contributed by atoms with E-state index >= 15 is 0 Å². The predicted octanol–water partition coefficient (Wildman–Crippen LogP) is -12.1. The Labute approximate surface area is 360 Å². The fourth-order valence-corrected chi connectivity index (χ4v) is 7.75. The predicted molar refractivity (Wildman–Crippen MR) is 193 cm³/mol. The number of carboxylic acids is 2. The molecule has 4 rings (SSSR count). The summed E-state index contributed by atoms with van der Waals surface area (Å²) in [5, 5.41) is 182. The van der Waals surface area contributed by atoms with E-state index < -0.39 is 204 Å². The number of aliphatic hydroxyl groups is 15. The Balaban J connectivity index is 1.72. The number of carboxylic acid groups (broad SMARTS) is 2. The van der Waals surface area contributed by atoms with E-state index in [1.54, 1.807) is 0 Å². The highest BCUT2D eigenvalue weighted by Crippen LogP contribution is 2.40. The number of carbonyl (C=O) groups is 4. The number of aliphatic hydroxyl groups excluding tert-OH is 15. The first-order valence-electron chi connectivity index (χ1n) is 19.5. The van der Waals surface area contributed by atoms with Crippen LogP contribution in [0.4, 0.5) is 0 Å². The van der Waals surface area contributed by atoms with E-state index in [-0.39, 0.29) is 0 Å². The molecule has 4 aliphatic rings. The van der Waals surface area contributed by atoms with E-state index in [1.165, 1.54) is 0 Å². The molecule has 370 valence electrons. The summed E-state index contributed by atoms with van der Waals surface area (Å²) >= 11 is 0. The number of carbonyl (C=O) groups excluding carboxylic acids is 2. The summed E-state index contributed by atoms with van der Waals surface area (Å²) in [5.41, 5.74) is 0. The van der Waals surface area contributed by atoms with Crippen LogP contribution in [0.15, 0.2) is 0 Å². The molecule has 0 bridgehead atoms. The zero-order valence-electron chi connectivity index (χ0n) is 33.6. The van der Waals surface area contributed by atoms with Gasteiger partial charge in [0.2, 0.25) is 11.8 Å². The fourth-order valence-electron chi connectivity index (χ4n) is 7.75. The number of amides is 2. The van der Waals surface area contributed by atoms with Gasteiger partial charge in [-0.3, -0.25) is 9.59 Å². The van der Waals surface area contributed by atoms with Gasteiger partial charge in [-0.25, -0.2) is 9.59 Å². The Morgan fingerprint density at radius 3 is 1.73 bits per heavy atom. The molecule has 30 heteroatoms. The number of hydrogen-bond acceptors (Lipinski definition) is 26. The minimum absolute atomic E-state index is 0.903. The third-order valence-electron chi connectivity index (χ3n) is 11.1. The highest BCUT2D eigenvalue weighted by molar-refractivity contribution is 5.78. The monoisotopic (exact) mass is 940 g/mol. The topological polar surface area (TPSA) is 501 Å². The summed E-state index contributed by atoms with van der Waals surface area (Å²) in [4.78, 5) is 50.4. The highest BCUT2D eigenvalue weighted by Gasteiger charge is 2.62. The van der Waals surface area contributed by atoms with Crippen molar-refractivity contribution in [2.75, 3.05) is 33.0 Å². The van der Waals surface area contributed by atoms with E-state index in [1.807, 2.05) is 5.32 Å². The lowest BCUT2D eigenvalue weighted by atomic mass is 9.87. The van der Waals surface area contributed by atoms with Crippen molar-refractivity contribution in [3.05, 3.63) is 0 Å². The Kier molecular flexibility index (Phi) is 18.6. The van der Waals surface area contributed by atoms with Crippen LogP contribution in [0.1, 0.15) is 19.8 Å². The summed E-state index contributed by atoms with van der Waals surface area (Å²) in [5.74, 6) is -13.1. The van der Waals surface area contributed by atoms with Crippen molar-refractivity contribution in [1.82, 2.24) is 10.6 Å². The van der Waals surface area contributed by atoms with Crippen LogP contribution >= 0.6 is 0 Å². The summed E-state index contributed by atoms with van der Waals surface area (Å²) in [6.45, 7) is -5.03. The molecule has 2 amide bonds. The molecule has 22 atom stereocenters. The lowest BCUT2D eigenvalue weighted by Gasteiger charge is -2.51. The van der Waals surface area contributed by atoms with Crippen LogP contribution in [0, 0.1) is 0 Å². The second-order valence-electron chi connectivity index (χ2n) is 15.5. The SMILES string of the molecule is CC(=O)N[C@H]1[C@H]([C@H](O)[C@@H](CO)O[C@]2(C(=O)O)C[C@H](O)[C@@H](NC(=O)CO)[C@H]([C@H](O)[C@H](O)CO)O2)O[C@@](O[C@H]2[C@@H](O)[C@@H](CO)O[C@@H](O[C@H]3[C@H](O)[C@@H](O)C(O)O[C@@H]3CO)[C@@H]2O)(C(=O)O)C[C@@H]1O. The van der Waals surface area contributed by atoms with Crippen molar-refractivity contribution < 1.29 is 139 Å². The molecule has 64 heavy (non-hydrogen) atoms. The van der Waals surface area contributed by atoms with Crippen LogP contribution in [0.25, 0.3) is 0 Å². The van der Waals surface area contributed by atoms with Crippen LogP contribution < -0.4 is 10.6 Å². The van der Waals surface area contributed by atoms with Gasteiger partial charge >= 0.3 is 11.9 Å². The minimum Gasteiger partial charge on any atom is -0.477 e. The third kappa shape index (κ3) is 11.2. The zero-order valence-corrected chi connectivity index (χ0v) is 33.6. The quantitative estimate of drug-likeness (QED) is 0.0572. The highest BCUT2D eigenvalue weighted by atomic mass is 16.8. The van der Waals surface area contributed by atoms with E-state index in [4.69, 9.17) is 33.2 Å². The van der Waals surface area contributed by atoms with Gasteiger partial charge in [0.25, 0.3) is 11.6 Å². The van der Waals surface area contributed by atoms with E-state index in [0.717, 1.165) is 6.92 Å². The van der Waals surface area contributed by atoms with Gasteiger partial charge in [-0.15, -0.1) is 0 Å². The van der Waals surface area contributed by atoms with Crippen molar-refractivity contribution in [1.29, 1.82) is 0 Å². The molecule has 0 aromatic carbocycles. The standard InChI is InChI=1S/C34H56N2O28/c1-9(42)35-17-10(43)3-34(32(56)57,64-28-20(48)13(5-38)59-30(24(28)52)60-25-15(7-40)58-29(53)23(51)22(25)50)63-27(17)21(49)14(6-39)61-33(31(54)55)2-11(44)18(36-16(46)8-41)26(62-33)19(47)12(45)4-37/h10-15,17-30,37-41,43-45,47-53H,2-8H2,1H3,(H,35,42)(H,36,46)(H,54,55)(H,56,57)/t10-,11-,12+,13+,14+,15+,17+,18+,19+,20-,21+,22+,23+,24+,25+,26+,27+,28-,29?,30-,33+,34-/m0/s1. The van der Waals surface area contributed by atoms with Gasteiger partial charge in [-0.2, -0.15) is 0 Å². The van der Waals surface area contributed by atoms with Gasteiger partial charge in [0, 0.05) is 19.8 Å². The van der Waals surface area contributed by atoms with Crippen LogP contribution in [-0.2, 0) is 52.3 Å². The molecular weight excluding hydrogens is 884 g/mol. The molecule has 0 saturated carbocycles. The number of aliphatic carboxylic acids is 2. The van der Waals surface area contributed by atoms with E-state index in [9.17, 15) is 106 Å². The molecule has 4 saturated heterocycles. The van der Waals surface area contributed by atoms with E-state index in [0.29, 0.717) is 0 Å². The molecular formula is C34H56N2O28. The number of ether oxygens (including phenoxy) is 7. The first kappa shape index (κ1) is 53.6. The normalized spacial score (nSPS) is 42.4. The van der Waals surface area contributed by atoms with Gasteiger partial charge in [0.1, 0.15) is 92.1 Å². The van der Waals surface area contributed by atoms with Gasteiger partial charge < -0.3 is 131 Å². The fraction of sp³-hybridized carbons (Fsp3) is 0.882. The molecule has 0 aromatic rings. The Morgan fingerprint density at radius 1 is 0.672 bits per heavy atom. The first-order chi connectivity index (χ1) is 30.0. The van der Waals surface area contributed by atoms with Gasteiger partial charge in [-0.05, 0) is 0 Å². The van der Waals surface area contributed by atoms with Gasteiger partial charge in [0.05, 0.1) is 50.7 Å². The summed E-state index contributed by atoms with van der Waals surface area (Å²) in [7, 11) is 0. The molecule has 4 heterocycles. The summed E-state index contributed by atoms with van der Waals surface area (Å²) < 4.78 is 38.3. The molecule has 19 N–H and O–H groups in total. The van der Waals surface area contributed by atoms with Crippen molar-refractivity contribution in [3.8, 4) is 0 Å². The van der Waals surface area contributed by atoms with Crippen LogP contribution in [0.5, 0.6) is 0 Å². The Morgan fingerprint density at radius 2 is 1.22 bits per heavy atom. The van der Waals surface area contributed by atoms with Crippen molar-refractivity contribution in [3.63, 3.8) is 0 Å². The Hall–Kier alpha value is -3.00. The lowest BCUT2D eigenvalue weighted by Crippen LogP contribution is -2.72. The average molecular weight is 941 g/mol. The van der Waals surface area contributed by atoms with E-state index in [2.05, 4.69) is 5.32 Å². The van der Waals surface area contributed by atoms with Gasteiger partial charge in [0.15, 0.2) is 12.6 Å². The van der Waals surface area contributed by atoms with Crippen LogP contribution in [-0.4, -0.2) is 277 Å². The van der Waals surface area contributed by atoms with Gasteiger partial charge in [-0.1, -0.05) is 0 Å². The molecule has 30 nitrogen and oxygen atoms in total. The molecule has 0 spiro atoms. The molecule has 0 aromatic heterocycles. The smallest absolute Gasteiger partial charge is 0.364 e. The van der Waals surface area contributed by atoms with Crippen LogP contribution in [0.2, 0.25) is 0 Å². The van der Waals surface area contributed by atoms with Crippen molar-refractivity contribution in [2.24, 2.45) is 0 Å². The van der Waals surface area contributed by atoms with Crippen molar-refractivity contribution >= 4 is 23.8 Å². The average Bonchev–Trinajstić information content (AvgIpc) is 3.25. The second kappa shape index (κ2) is 22.2. The summed E-state index contributed by atoms with van der Waals surface area (Å²) in [6.07, 6.45) is -41.4. The maximum atomic E-state index is 13.1. The molecule has 4 aliphatic heterocycles. The minimum atomic E-state index is -3.36.